The number of para-hydroxylation sites is 1. The Morgan fingerprint density at radius 3 is 2.79 bits per heavy atom. The van der Waals surface area contributed by atoms with Gasteiger partial charge in [-0.1, -0.05) is 30.4 Å². The molecule has 0 heterocycles. The fourth-order valence-electron chi connectivity index (χ4n) is 1.10. The van der Waals surface area contributed by atoms with Gasteiger partial charge in [0.25, 0.3) is 0 Å². The molecule has 0 aromatic heterocycles. The van der Waals surface area contributed by atoms with E-state index in [-0.39, 0.29) is 0 Å². The Bertz CT molecular complexity index is 299. The van der Waals surface area contributed by atoms with Crippen LogP contribution in [0, 0.1) is 0 Å². The van der Waals surface area contributed by atoms with Crippen LogP contribution >= 0.6 is 11.6 Å². The van der Waals surface area contributed by atoms with Crippen molar-refractivity contribution in [2.75, 3.05) is 12.4 Å². The molecule has 76 valence electrons. The SMILES string of the molecule is Oc1ccccc1CNC/C=C/CCl. The van der Waals surface area contributed by atoms with Gasteiger partial charge in [0.1, 0.15) is 5.75 Å². The molecule has 0 radical (unpaired) electrons. The average Bonchev–Trinajstić information content (AvgIpc) is 2.20. The van der Waals surface area contributed by atoms with Crippen LogP contribution in [0.1, 0.15) is 5.56 Å². The van der Waals surface area contributed by atoms with Crippen molar-refractivity contribution >= 4 is 11.6 Å². The second-order valence-corrected chi connectivity index (χ2v) is 3.19. The monoisotopic (exact) mass is 211 g/mol. The molecule has 0 aliphatic heterocycles. The lowest BCUT2D eigenvalue weighted by molar-refractivity contribution is 0.465. The molecule has 0 spiro atoms. The Morgan fingerprint density at radius 2 is 2.07 bits per heavy atom. The molecule has 0 bridgehead atoms. The predicted octanol–water partition coefficient (Wildman–Crippen LogP) is 2.28. The summed E-state index contributed by atoms with van der Waals surface area (Å²) < 4.78 is 0. The molecule has 0 amide bonds. The van der Waals surface area contributed by atoms with Gasteiger partial charge in [0.2, 0.25) is 0 Å². The number of phenols is 1. The zero-order valence-electron chi connectivity index (χ0n) is 7.91. The summed E-state index contributed by atoms with van der Waals surface area (Å²) >= 11 is 5.47. The third-order valence-corrected chi connectivity index (χ3v) is 2.00. The lowest BCUT2D eigenvalue weighted by atomic mass is 10.2. The highest BCUT2D eigenvalue weighted by Crippen LogP contribution is 2.14. The zero-order valence-corrected chi connectivity index (χ0v) is 8.67. The van der Waals surface area contributed by atoms with Gasteiger partial charge in [-0.25, -0.2) is 0 Å². The van der Waals surface area contributed by atoms with Crippen LogP contribution in [0.25, 0.3) is 0 Å². The summed E-state index contributed by atoms with van der Waals surface area (Å²) in [5.74, 6) is 0.875. The van der Waals surface area contributed by atoms with Gasteiger partial charge in [-0.05, 0) is 6.07 Å². The van der Waals surface area contributed by atoms with Crippen molar-refractivity contribution < 1.29 is 5.11 Å². The van der Waals surface area contributed by atoms with Gasteiger partial charge in [-0.2, -0.15) is 0 Å². The number of hydrogen-bond donors (Lipinski definition) is 2. The van der Waals surface area contributed by atoms with Crippen molar-refractivity contribution in [3.63, 3.8) is 0 Å². The second-order valence-electron chi connectivity index (χ2n) is 2.89. The molecule has 0 aliphatic rings. The molecule has 0 saturated carbocycles. The molecule has 0 unspecified atom stereocenters. The van der Waals surface area contributed by atoms with E-state index in [4.69, 9.17) is 11.6 Å². The van der Waals surface area contributed by atoms with Crippen molar-refractivity contribution in [1.82, 2.24) is 5.32 Å². The number of hydrogen-bond acceptors (Lipinski definition) is 2. The largest absolute Gasteiger partial charge is 0.508 e. The first-order valence-corrected chi connectivity index (χ1v) is 5.06. The molecule has 3 heteroatoms. The summed E-state index contributed by atoms with van der Waals surface area (Å²) in [7, 11) is 0. The third-order valence-electron chi connectivity index (χ3n) is 1.83. The normalized spacial score (nSPS) is 10.9. The summed E-state index contributed by atoms with van der Waals surface area (Å²) in [6, 6.07) is 7.30. The quantitative estimate of drug-likeness (QED) is 0.445. The molecule has 0 saturated heterocycles. The van der Waals surface area contributed by atoms with Crippen LogP contribution in [-0.2, 0) is 6.54 Å². The van der Waals surface area contributed by atoms with Crippen LogP contribution in [0.2, 0.25) is 0 Å². The summed E-state index contributed by atoms with van der Waals surface area (Å²) in [6.07, 6.45) is 3.85. The van der Waals surface area contributed by atoms with E-state index in [1.807, 2.05) is 30.4 Å². The topological polar surface area (TPSA) is 32.3 Å². The molecule has 14 heavy (non-hydrogen) atoms. The minimum atomic E-state index is 0.335. The van der Waals surface area contributed by atoms with Gasteiger partial charge in [-0.3, -0.25) is 0 Å². The minimum Gasteiger partial charge on any atom is -0.508 e. The molecule has 0 aliphatic carbocycles. The number of aromatic hydroxyl groups is 1. The third kappa shape index (κ3) is 3.81. The predicted molar refractivity (Wildman–Crippen MR) is 59.7 cm³/mol. The second kappa shape index (κ2) is 6.46. The van der Waals surface area contributed by atoms with E-state index < -0.39 is 0 Å². The van der Waals surface area contributed by atoms with E-state index in [2.05, 4.69) is 5.32 Å². The maximum atomic E-state index is 9.43. The highest BCUT2D eigenvalue weighted by atomic mass is 35.5. The molecule has 2 N–H and O–H groups in total. The summed E-state index contributed by atoms with van der Waals surface area (Å²) in [6.45, 7) is 1.43. The number of phenolic OH excluding ortho intramolecular Hbond substituents is 1. The molecule has 1 aromatic rings. The Morgan fingerprint density at radius 1 is 1.29 bits per heavy atom. The van der Waals surface area contributed by atoms with E-state index in [1.54, 1.807) is 6.07 Å². The van der Waals surface area contributed by atoms with Gasteiger partial charge >= 0.3 is 0 Å². The highest BCUT2D eigenvalue weighted by Gasteiger charge is 1.96. The van der Waals surface area contributed by atoms with Gasteiger partial charge in [0, 0.05) is 24.5 Å². The summed E-state index contributed by atoms with van der Waals surface area (Å²) in [4.78, 5) is 0. The molecule has 1 aromatic carbocycles. The number of nitrogens with one attached hydrogen (secondary N) is 1. The lowest BCUT2D eigenvalue weighted by Crippen LogP contribution is -2.12. The number of benzene rings is 1. The molecule has 1 rings (SSSR count). The van der Waals surface area contributed by atoms with Crippen LogP contribution in [0.3, 0.4) is 0 Å². The first kappa shape index (κ1) is 11.1. The fourth-order valence-corrected chi connectivity index (χ4v) is 1.22. The van der Waals surface area contributed by atoms with Gasteiger partial charge < -0.3 is 10.4 Å². The maximum absolute atomic E-state index is 9.43. The number of halogens is 1. The summed E-state index contributed by atoms with van der Waals surface area (Å²) in [5.41, 5.74) is 0.909. The lowest BCUT2D eigenvalue weighted by Gasteiger charge is -2.03. The van der Waals surface area contributed by atoms with Crippen LogP contribution in [0.4, 0.5) is 0 Å². The zero-order chi connectivity index (χ0) is 10.2. The average molecular weight is 212 g/mol. The van der Waals surface area contributed by atoms with E-state index in [9.17, 15) is 5.11 Å². The van der Waals surface area contributed by atoms with Crippen LogP contribution in [0.5, 0.6) is 5.75 Å². The van der Waals surface area contributed by atoms with Crippen molar-refractivity contribution in [3.05, 3.63) is 42.0 Å². The van der Waals surface area contributed by atoms with Crippen molar-refractivity contribution in [2.24, 2.45) is 0 Å². The van der Waals surface area contributed by atoms with E-state index in [1.165, 1.54) is 0 Å². The van der Waals surface area contributed by atoms with Gasteiger partial charge in [0.05, 0.1) is 0 Å². The van der Waals surface area contributed by atoms with E-state index in [0.717, 1.165) is 12.1 Å². The fraction of sp³-hybridized carbons (Fsp3) is 0.273. The van der Waals surface area contributed by atoms with Crippen molar-refractivity contribution in [1.29, 1.82) is 0 Å². The summed E-state index contributed by atoms with van der Waals surface area (Å²) in [5, 5.41) is 12.6. The number of rotatable bonds is 5. The Labute approximate surface area is 89.2 Å². The number of alkyl halides is 1. The maximum Gasteiger partial charge on any atom is 0.120 e. The van der Waals surface area contributed by atoms with Gasteiger partial charge in [0.15, 0.2) is 0 Å². The van der Waals surface area contributed by atoms with Crippen molar-refractivity contribution in [2.45, 2.75) is 6.54 Å². The first-order valence-electron chi connectivity index (χ1n) is 4.53. The standard InChI is InChI=1S/C11H14ClNO/c12-7-3-4-8-13-9-10-5-1-2-6-11(10)14/h1-6,13-14H,7-9H2/b4-3+. The Balaban J connectivity index is 2.31. The van der Waals surface area contributed by atoms with Crippen LogP contribution in [0.15, 0.2) is 36.4 Å². The van der Waals surface area contributed by atoms with E-state index in [0.29, 0.717) is 18.2 Å². The van der Waals surface area contributed by atoms with Crippen LogP contribution in [-0.4, -0.2) is 17.5 Å². The Kier molecular flexibility index (Phi) is 5.12. The van der Waals surface area contributed by atoms with Crippen LogP contribution < -0.4 is 5.32 Å². The molecule has 0 fully saturated rings. The molecular weight excluding hydrogens is 198 g/mol. The smallest absolute Gasteiger partial charge is 0.120 e. The first-order chi connectivity index (χ1) is 6.84. The Hall–Kier alpha value is -0.990. The van der Waals surface area contributed by atoms with Crippen molar-refractivity contribution in [3.8, 4) is 5.75 Å². The molecule has 0 atom stereocenters. The molecular formula is C11H14ClNO. The number of allylic oxidation sites excluding steroid dienone is 1. The van der Waals surface area contributed by atoms with Gasteiger partial charge in [-0.15, -0.1) is 11.6 Å². The molecule has 2 nitrogen and oxygen atoms in total. The van der Waals surface area contributed by atoms with E-state index >= 15 is 0 Å². The minimum absolute atomic E-state index is 0.335. The highest BCUT2D eigenvalue weighted by molar-refractivity contribution is 6.18.